The van der Waals surface area contributed by atoms with Gasteiger partial charge in [0.15, 0.2) is 0 Å². The predicted molar refractivity (Wildman–Crippen MR) is 70.4 cm³/mol. The summed E-state index contributed by atoms with van der Waals surface area (Å²) in [7, 11) is 0. The van der Waals surface area contributed by atoms with Gasteiger partial charge in [-0.05, 0) is 31.7 Å². The monoisotopic (exact) mass is 241 g/mol. The van der Waals surface area contributed by atoms with Crippen LogP contribution in [0.3, 0.4) is 0 Å². The molecule has 3 unspecified atom stereocenters. The predicted octanol–water partition coefficient (Wildman–Crippen LogP) is 1.09. The van der Waals surface area contributed by atoms with Crippen LogP contribution in [0.5, 0.6) is 0 Å². The SMILES string of the molecule is CC(N)C(N1CCCCC1C(N)=O)C(C)(C)C. The maximum absolute atomic E-state index is 11.6. The van der Waals surface area contributed by atoms with Gasteiger partial charge in [0.2, 0.25) is 5.91 Å². The molecule has 1 fully saturated rings. The van der Waals surface area contributed by atoms with E-state index in [4.69, 9.17) is 11.5 Å². The van der Waals surface area contributed by atoms with Crippen molar-refractivity contribution in [2.75, 3.05) is 6.54 Å². The number of nitrogens with two attached hydrogens (primary N) is 2. The Hall–Kier alpha value is -0.610. The van der Waals surface area contributed by atoms with Gasteiger partial charge < -0.3 is 11.5 Å². The van der Waals surface area contributed by atoms with Crippen LogP contribution in [-0.2, 0) is 4.79 Å². The molecule has 0 saturated carbocycles. The van der Waals surface area contributed by atoms with Crippen molar-refractivity contribution in [3.8, 4) is 0 Å². The average Bonchev–Trinajstić information content (AvgIpc) is 2.15. The molecule has 0 radical (unpaired) electrons. The van der Waals surface area contributed by atoms with Crippen molar-refractivity contribution in [1.82, 2.24) is 4.90 Å². The minimum absolute atomic E-state index is 0.0370. The number of hydrogen-bond acceptors (Lipinski definition) is 3. The molecule has 0 bridgehead atoms. The van der Waals surface area contributed by atoms with Gasteiger partial charge in [0.1, 0.15) is 0 Å². The molecule has 1 heterocycles. The molecule has 0 aromatic rings. The minimum Gasteiger partial charge on any atom is -0.368 e. The zero-order valence-electron chi connectivity index (χ0n) is 11.6. The highest BCUT2D eigenvalue weighted by Gasteiger charge is 2.39. The number of piperidine rings is 1. The second-order valence-electron chi connectivity index (χ2n) is 6.32. The van der Waals surface area contributed by atoms with Crippen molar-refractivity contribution in [3.05, 3.63) is 0 Å². The molecule has 17 heavy (non-hydrogen) atoms. The van der Waals surface area contributed by atoms with Gasteiger partial charge in [-0.25, -0.2) is 0 Å². The molecule has 100 valence electrons. The molecular formula is C13H27N3O. The van der Waals surface area contributed by atoms with Crippen LogP contribution in [0.4, 0.5) is 0 Å². The van der Waals surface area contributed by atoms with E-state index in [-0.39, 0.29) is 29.4 Å². The van der Waals surface area contributed by atoms with Crippen molar-refractivity contribution < 1.29 is 4.79 Å². The van der Waals surface area contributed by atoms with E-state index in [0.29, 0.717) is 0 Å². The largest absolute Gasteiger partial charge is 0.368 e. The fourth-order valence-electron chi connectivity index (χ4n) is 3.18. The van der Waals surface area contributed by atoms with Gasteiger partial charge in [-0.2, -0.15) is 0 Å². The lowest BCUT2D eigenvalue weighted by atomic mass is 9.80. The molecular weight excluding hydrogens is 214 g/mol. The lowest BCUT2D eigenvalue weighted by molar-refractivity contribution is -0.127. The molecule has 0 spiro atoms. The lowest BCUT2D eigenvalue weighted by Gasteiger charge is -2.47. The Labute approximate surface area is 105 Å². The molecule has 0 aromatic carbocycles. The third kappa shape index (κ3) is 3.42. The van der Waals surface area contributed by atoms with Gasteiger partial charge in [-0.1, -0.05) is 27.2 Å². The van der Waals surface area contributed by atoms with Crippen molar-refractivity contribution >= 4 is 5.91 Å². The molecule has 1 aliphatic heterocycles. The molecule has 1 amide bonds. The molecule has 0 aromatic heterocycles. The summed E-state index contributed by atoms with van der Waals surface area (Å²) >= 11 is 0. The minimum atomic E-state index is -0.209. The van der Waals surface area contributed by atoms with Crippen molar-refractivity contribution in [2.24, 2.45) is 16.9 Å². The summed E-state index contributed by atoms with van der Waals surface area (Å²) in [4.78, 5) is 13.8. The third-order valence-electron chi connectivity index (χ3n) is 3.62. The quantitative estimate of drug-likeness (QED) is 0.777. The van der Waals surface area contributed by atoms with Gasteiger partial charge in [0.25, 0.3) is 0 Å². The van der Waals surface area contributed by atoms with Crippen LogP contribution in [0.2, 0.25) is 0 Å². The number of likely N-dealkylation sites (tertiary alicyclic amines) is 1. The van der Waals surface area contributed by atoms with Crippen LogP contribution in [0.1, 0.15) is 47.0 Å². The van der Waals surface area contributed by atoms with Crippen molar-refractivity contribution in [3.63, 3.8) is 0 Å². The first-order valence-corrected chi connectivity index (χ1v) is 6.56. The maximum atomic E-state index is 11.6. The van der Waals surface area contributed by atoms with Gasteiger partial charge in [-0.15, -0.1) is 0 Å². The summed E-state index contributed by atoms with van der Waals surface area (Å²) in [6.45, 7) is 9.47. The van der Waals surface area contributed by atoms with E-state index in [2.05, 4.69) is 25.7 Å². The van der Waals surface area contributed by atoms with Crippen molar-refractivity contribution in [2.45, 2.75) is 65.1 Å². The fourth-order valence-corrected chi connectivity index (χ4v) is 3.18. The van der Waals surface area contributed by atoms with Gasteiger partial charge in [-0.3, -0.25) is 9.69 Å². The molecule has 4 N–H and O–H groups in total. The molecule has 4 nitrogen and oxygen atoms in total. The average molecular weight is 241 g/mol. The highest BCUT2D eigenvalue weighted by Crippen LogP contribution is 2.31. The number of carbonyl (C=O) groups excluding carboxylic acids is 1. The summed E-state index contributed by atoms with van der Waals surface area (Å²) in [5.41, 5.74) is 11.7. The fraction of sp³-hybridized carbons (Fsp3) is 0.923. The lowest BCUT2D eigenvalue weighted by Crippen LogP contribution is -2.61. The summed E-state index contributed by atoms with van der Waals surface area (Å²) < 4.78 is 0. The Morgan fingerprint density at radius 3 is 2.35 bits per heavy atom. The molecule has 1 aliphatic rings. The second kappa shape index (κ2) is 5.36. The number of nitrogens with zero attached hydrogens (tertiary/aromatic N) is 1. The first kappa shape index (κ1) is 14.5. The number of primary amides is 1. The van der Waals surface area contributed by atoms with Crippen LogP contribution >= 0.6 is 0 Å². The first-order chi connectivity index (χ1) is 7.75. The Morgan fingerprint density at radius 1 is 1.35 bits per heavy atom. The number of rotatable bonds is 3. The van der Waals surface area contributed by atoms with E-state index >= 15 is 0 Å². The normalized spacial score (nSPS) is 26.5. The Balaban J connectivity index is 2.94. The van der Waals surface area contributed by atoms with Gasteiger partial charge in [0.05, 0.1) is 6.04 Å². The van der Waals surface area contributed by atoms with Crippen LogP contribution in [0, 0.1) is 5.41 Å². The van der Waals surface area contributed by atoms with E-state index < -0.39 is 0 Å². The molecule has 4 heteroatoms. The molecule has 1 saturated heterocycles. The number of carbonyl (C=O) groups is 1. The van der Waals surface area contributed by atoms with Crippen molar-refractivity contribution in [1.29, 1.82) is 0 Å². The Morgan fingerprint density at radius 2 is 1.94 bits per heavy atom. The summed E-state index contributed by atoms with van der Waals surface area (Å²) in [5.74, 6) is -0.209. The summed E-state index contributed by atoms with van der Waals surface area (Å²) in [5, 5.41) is 0. The Bertz CT molecular complexity index is 270. The van der Waals surface area contributed by atoms with Gasteiger partial charge in [0, 0.05) is 12.1 Å². The summed E-state index contributed by atoms with van der Waals surface area (Å²) in [6, 6.07) is 0.0919. The van der Waals surface area contributed by atoms with Gasteiger partial charge >= 0.3 is 0 Å². The Kier molecular flexibility index (Phi) is 4.55. The van der Waals surface area contributed by atoms with E-state index in [1.165, 1.54) is 0 Å². The number of hydrogen-bond donors (Lipinski definition) is 2. The van der Waals surface area contributed by atoms with E-state index in [1.54, 1.807) is 0 Å². The van der Waals surface area contributed by atoms with Crippen LogP contribution in [-0.4, -0.2) is 35.5 Å². The first-order valence-electron chi connectivity index (χ1n) is 6.56. The van der Waals surface area contributed by atoms with Crippen LogP contribution in [0.25, 0.3) is 0 Å². The van der Waals surface area contributed by atoms with E-state index in [0.717, 1.165) is 25.8 Å². The number of amides is 1. The van der Waals surface area contributed by atoms with Crippen LogP contribution < -0.4 is 11.5 Å². The topological polar surface area (TPSA) is 72.3 Å². The maximum Gasteiger partial charge on any atom is 0.234 e. The molecule has 0 aliphatic carbocycles. The second-order valence-corrected chi connectivity index (χ2v) is 6.32. The highest BCUT2D eigenvalue weighted by atomic mass is 16.1. The van der Waals surface area contributed by atoms with Crippen LogP contribution in [0.15, 0.2) is 0 Å². The zero-order chi connectivity index (χ0) is 13.2. The third-order valence-corrected chi connectivity index (χ3v) is 3.62. The standard InChI is InChI=1S/C13H27N3O/c1-9(14)11(13(2,3)4)16-8-6-5-7-10(16)12(15)17/h9-11H,5-8,14H2,1-4H3,(H2,15,17). The van der Waals surface area contributed by atoms with E-state index in [9.17, 15) is 4.79 Å². The zero-order valence-corrected chi connectivity index (χ0v) is 11.6. The summed E-state index contributed by atoms with van der Waals surface area (Å²) in [6.07, 6.45) is 3.08. The molecule has 3 atom stereocenters. The highest BCUT2D eigenvalue weighted by molar-refractivity contribution is 5.80. The smallest absolute Gasteiger partial charge is 0.234 e. The molecule has 1 rings (SSSR count). The van der Waals surface area contributed by atoms with E-state index in [1.807, 2.05) is 6.92 Å².